The maximum absolute atomic E-state index is 12.2. The van der Waals surface area contributed by atoms with Crippen LogP contribution in [0.1, 0.15) is 6.92 Å². The Morgan fingerprint density at radius 3 is 0.763 bits per heavy atom. The number of hydrogen-bond acceptors (Lipinski definition) is 2. The molecule has 454 valence electrons. The van der Waals surface area contributed by atoms with Crippen molar-refractivity contribution in [3.8, 4) is 66.8 Å². The Morgan fingerprint density at radius 1 is 0.290 bits per heavy atom. The fourth-order valence-electron chi connectivity index (χ4n) is 13.0. The lowest BCUT2D eigenvalue weighted by atomic mass is 9.88. The van der Waals surface area contributed by atoms with Gasteiger partial charge in [0.25, 0.3) is 0 Å². The van der Waals surface area contributed by atoms with Crippen LogP contribution in [-0.2, 0) is 10.1 Å². The van der Waals surface area contributed by atoms with E-state index in [1.165, 1.54) is 147 Å². The molecule has 0 aliphatic carbocycles. The van der Waals surface area contributed by atoms with Gasteiger partial charge in [0, 0.05) is 17.5 Å². The lowest BCUT2D eigenvalue weighted by Gasteiger charge is -2.32. The minimum Gasteiger partial charge on any atom is -0.281 e. The van der Waals surface area contributed by atoms with Gasteiger partial charge in [0.2, 0.25) is 0 Å². The van der Waals surface area contributed by atoms with E-state index in [2.05, 4.69) is 309 Å². The smallest absolute Gasteiger partial charge is 0.281 e. The highest BCUT2D eigenvalue weighted by atomic mass is 32.2. The Bertz CT molecular complexity index is 4990. The molecule has 0 spiro atoms. The topological polar surface area (TPSA) is 54.4 Å². The van der Waals surface area contributed by atoms with Crippen LogP contribution in [0.3, 0.4) is 0 Å². The summed E-state index contributed by atoms with van der Waals surface area (Å²) < 4.78 is 99.6. The number of alkyl halides is 6. The third-order valence-electron chi connectivity index (χ3n) is 17.4. The predicted octanol–water partition coefficient (Wildman–Crippen LogP) is 22.1. The van der Waals surface area contributed by atoms with Crippen LogP contribution in [0.25, 0.3) is 131 Å². The van der Waals surface area contributed by atoms with Gasteiger partial charge >= 0.3 is 27.2 Å². The summed E-state index contributed by atoms with van der Waals surface area (Å²) in [6.45, 7) is -0.591. The van der Waals surface area contributed by atoms with Gasteiger partial charge in [-0.3, -0.25) is 4.55 Å². The van der Waals surface area contributed by atoms with E-state index in [1.54, 1.807) is 0 Å². The fourth-order valence-corrected chi connectivity index (χ4v) is 16.5. The van der Waals surface area contributed by atoms with Crippen molar-refractivity contribution in [1.82, 2.24) is 0 Å². The molecule has 0 saturated heterocycles. The Labute approximate surface area is 535 Å². The normalized spacial score (nSPS) is 12.3. The molecule has 0 heterocycles. The maximum Gasteiger partial charge on any atom is 0.437 e. The molecule has 0 fully saturated rings. The molecule has 0 bridgehead atoms. The van der Waals surface area contributed by atoms with Crippen LogP contribution in [-0.4, -0.2) is 30.1 Å². The number of halogens is 6. The van der Waals surface area contributed by atoms with E-state index in [1.807, 2.05) is 0 Å². The molecule has 0 unspecified atom stereocenters. The summed E-state index contributed by atoms with van der Waals surface area (Å²) in [5.41, 5.74) is 14.6. The van der Waals surface area contributed by atoms with E-state index in [4.69, 9.17) is 4.55 Å². The van der Waals surface area contributed by atoms with Crippen molar-refractivity contribution in [1.29, 1.82) is 0 Å². The Morgan fingerprint density at radius 2 is 0.516 bits per heavy atom. The summed E-state index contributed by atoms with van der Waals surface area (Å²) in [4.78, 5) is 0. The zero-order valence-corrected chi connectivity index (χ0v) is 51.5. The van der Waals surface area contributed by atoms with E-state index in [0.717, 1.165) is 0 Å². The van der Waals surface area contributed by atoms with Gasteiger partial charge in [0.1, 0.15) is 0 Å². The van der Waals surface area contributed by atoms with Crippen molar-refractivity contribution < 1.29 is 39.3 Å². The monoisotopic (exact) mass is 1260 g/mol. The third-order valence-corrected chi connectivity index (χ3v) is 21.0. The van der Waals surface area contributed by atoms with Gasteiger partial charge in [-0.25, -0.2) is 0 Å². The number of benzene rings is 15. The van der Waals surface area contributed by atoms with Crippen molar-refractivity contribution in [2.45, 2.75) is 24.0 Å². The first-order chi connectivity index (χ1) is 45.0. The lowest BCUT2D eigenvalue weighted by molar-refractivity contribution is -0.273. The van der Waals surface area contributed by atoms with E-state index in [-0.39, 0.29) is 0 Å². The molecule has 93 heavy (non-hydrogen) atoms. The Balaban J connectivity index is 0.000000481. The molecule has 0 aliphatic heterocycles. The molecule has 0 amide bonds. The van der Waals surface area contributed by atoms with Crippen LogP contribution >= 0.6 is 7.92 Å². The first kappa shape index (κ1) is 60.3. The average molecular weight is 1270 g/mol. The van der Waals surface area contributed by atoms with Crippen molar-refractivity contribution in [3.05, 3.63) is 309 Å². The largest absolute Gasteiger partial charge is 0.437 e. The summed E-state index contributed by atoms with van der Waals surface area (Å²) in [6, 6.07) is 116. The fraction of sp³-hybridized carbons (Fsp3) is 0.0488. The number of rotatable bonds is 12. The standard InChI is InChI=1S/C78H51P.C4H4F6O3S/c1-2-34-60(35-3-1)79(77-73(69-44-18-30-54-24-6-12-38-63(54)69)48-58(67-42-16-28-52-22-4-10-36-61(52)67)49-74(77)70-45-19-31-55-25-7-13-39-64(55)70)78-75(71-46-20-32-56-26-8-14-40-65(56)71)50-59(68-43-17-29-53-23-5-11-37-62(53)68)51-76(78)72-47-21-33-57-27-9-15-41-66(57)72;1-2(5,6)3(7,8)4(9,10)14(11,12)13/h1-51H;1H3,(H,11,12,13). The van der Waals surface area contributed by atoms with E-state index < -0.39 is 42.1 Å². The molecule has 0 atom stereocenters. The van der Waals surface area contributed by atoms with Gasteiger partial charge in [0.05, 0.1) is 0 Å². The Hall–Kier alpha value is -10.2. The molecule has 3 nitrogen and oxygen atoms in total. The van der Waals surface area contributed by atoms with Crippen LogP contribution in [0.5, 0.6) is 0 Å². The van der Waals surface area contributed by atoms with Gasteiger partial charge < -0.3 is 0 Å². The highest BCUT2D eigenvalue weighted by Crippen LogP contribution is 2.53. The minimum absolute atomic E-state index is 0.591. The zero-order chi connectivity index (χ0) is 64.2. The summed E-state index contributed by atoms with van der Waals surface area (Å²) in [6.07, 6.45) is 0. The molecule has 15 aromatic carbocycles. The quantitative estimate of drug-likeness (QED) is 0.0753. The molecule has 1 N–H and O–H groups in total. The van der Waals surface area contributed by atoms with Gasteiger partial charge in [0.15, 0.2) is 0 Å². The predicted molar refractivity (Wildman–Crippen MR) is 375 cm³/mol. The first-order valence-corrected chi connectivity index (χ1v) is 33.0. The second kappa shape index (κ2) is 24.1. The van der Waals surface area contributed by atoms with Crippen molar-refractivity contribution in [3.63, 3.8) is 0 Å². The van der Waals surface area contributed by atoms with Gasteiger partial charge in [-0.1, -0.05) is 285 Å². The molecular weight excluding hydrogens is 1210 g/mol. The van der Waals surface area contributed by atoms with Crippen LogP contribution in [0, 0.1) is 0 Å². The van der Waals surface area contributed by atoms with Gasteiger partial charge in [-0.15, -0.1) is 0 Å². The highest BCUT2D eigenvalue weighted by molar-refractivity contribution is 7.87. The summed E-state index contributed by atoms with van der Waals surface area (Å²) >= 11 is 0. The summed E-state index contributed by atoms with van der Waals surface area (Å²) in [7, 11) is -8.08. The second-order valence-corrected chi connectivity index (χ2v) is 26.7. The van der Waals surface area contributed by atoms with Gasteiger partial charge in [-0.05, 0) is 169 Å². The van der Waals surface area contributed by atoms with Crippen LogP contribution in [0.2, 0.25) is 0 Å². The van der Waals surface area contributed by atoms with Crippen molar-refractivity contribution in [2.75, 3.05) is 0 Å². The van der Waals surface area contributed by atoms with Crippen molar-refractivity contribution >= 4 is 98.6 Å². The summed E-state index contributed by atoms with van der Waals surface area (Å²) in [5.74, 6) is -11.5. The third kappa shape index (κ3) is 10.9. The van der Waals surface area contributed by atoms with E-state index in [0.29, 0.717) is 0 Å². The summed E-state index contributed by atoms with van der Waals surface area (Å²) in [5, 5.41) is 12.3. The molecular formula is C82H55F6O3PS. The SMILES string of the molecule is CC(F)(F)C(F)(F)C(F)(F)S(=O)(=O)O.c1ccc(P(c2c(-c3cccc4ccccc34)cc(-c3cccc4ccccc34)cc2-c2cccc3ccccc23)c2c(-c3cccc4ccccc34)cc(-c3cccc4ccccc34)cc2-c2cccc3ccccc23)cc1. The second-order valence-electron chi connectivity index (χ2n) is 23.1. The molecule has 0 aromatic heterocycles. The number of hydrogen-bond donors (Lipinski definition) is 1. The Kier molecular flexibility index (Phi) is 15.6. The molecule has 15 aromatic rings. The molecule has 11 heteroatoms. The van der Waals surface area contributed by atoms with Gasteiger partial charge in [-0.2, -0.15) is 34.8 Å². The zero-order valence-electron chi connectivity index (χ0n) is 49.8. The molecule has 0 radical (unpaired) electrons. The van der Waals surface area contributed by atoms with Crippen LogP contribution < -0.4 is 15.9 Å². The van der Waals surface area contributed by atoms with E-state index >= 15 is 0 Å². The molecule has 0 saturated carbocycles. The van der Waals surface area contributed by atoms with E-state index in [9.17, 15) is 34.8 Å². The van der Waals surface area contributed by atoms with Crippen molar-refractivity contribution in [2.24, 2.45) is 0 Å². The minimum atomic E-state index is -6.61. The maximum atomic E-state index is 12.2. The van der Waals surface area contributed by atoms with Crippen LogP contribution in [0.4, 0.5) is 26.3 Å². The average Bonchev–Trinajstić information content (AvgIpc) is 0.727. The molecule has 0 aliphatic rings. The first-order valence-electron chi connectivity index (χ1n) is 30.2. The highest BCUT2D eigenvalue weighted by Gasteiger charge is 2.75. The van der Waals surface area contributed by atoms with Crippen LogP contribution in [0.15, 0.2) is 309 Å². The lowest BCUT2D eigenvalue weighted by Crippen LogP contribution is -2.56. The molecule has 15 rings (SSSR count). The number of fused-ring (bicyclic) bond motifs is 6.